The molecule has 1 aliphatic heterocycles. The molecule has 0 N–H and O–H groups in total. The molecule has 1 fully saturated rings. The van der Waals surface area contributed by atoms with E-state index in [1.54, 1.807) is 0 Å². The van der Waals surface area contributed by atoms with Crippen molar-refractivity contribution in [3.8, 4) is 0 Å². The summed E-state index contributed by atoms with van der Waals surface area (Å²) in [4.78, 5) is 12.2. The Kier molecular flexibility index (Phi) is 12.6. The Morgan fingerprint density at radius 2 is 1.94 bits per heavy atom. The Hall–Kier alpha value is -0.320. The van der Waals surface area contributed by atoms with Crippen LogP contribution in [0, 0.1) is 5.92 Å². The first-order valence-corrected chi connectivity index (χ1v) is 5.48. The van der Waals surface area contributed by atoms with E-state index in [-0.39, 0.29) is 7.43 Å². The summed E-state index contributed by atoms with van der Waals surface area (Å²) in [6.07, 6.45) is 0. The molecule has 0 aromatic heterocycles. The second-order valence-corrected chi connectivity index (χ2v) is 4.17. The van der Waals surface area contributed by atoms with E-state index in [2.05, 4.69) is 16.7 Å². The fourth-order valence-corrected chi connectivity index (χ4v) is 0.950. The van der Waals surface area contributed by atoms with Gasteiger partial charge in [0.2, 0.25) is 0 Å². The van der Waals surface area contributed by atoms with Gasteiger partial charge in [-0.05, 0) is 13.0 Å². The van der Waals surface area contributed by atoms with E-state index in [1.165, 1.54) is 0 Å². The molecule has 16 heavy (non-hydrogen) atoms. The Bertz CT molecular complexity index is 171. The monoisotopic (exact) mass is 253 g/mol. The molecule has 1 aliphatic rings. The number of hydrogen-bond donors (Lipinski definition) is 0. The van der Waals surface area contributed by atoms with Gasteiger partial charge in [0, 0.05) is 24.7 Å². The second kappa shape index (κ2) is 11.2. The van der Waals surface area contributed by atoms with Gasteiger partial charge >= 0.3 is 5.43 Å². The number of hydrogen-bond acceptors (Lipinski definition) is 4. The minimum atomic E-state index is -0.723. The minimum Gasteiger partial charge on any atom is -0.453 e. The third-order valence-electron chi connectivity index (χ3n) is 1.76. The Balaban J connectivity index is 0. The molecule has 0 amide bonds. The molecule has 0 aromatic carbocycles. The average Bonchev–Trinajstić information content (AvgIpc) is 2.17. The Morgan fingerprint density at radius 3 is 2.12 bits per heavy atom. The largest absolute Gasteiger partial charge is 0.453 e. The lowest BCUT2D eigenvalue weighted by Gasteiger charge is -2.21. The van der Waals surface area contributed by atoms with Crippen LogP contribution in [0.4, 0.5) is 4.79 Å². The molecule has 0 radical (unpaired) electrons. The quantitative estimate of drug-likeness (QED) is 0.709. The van der Waals surface area contributed by atoms with Gasteiger partial charge in [0.25, 0.3) is 0 Å². The predicted octanol–water partition coefficient (Wildman–Crippen LogP) is 2.60. The number of carbonyl (C=O) groups excluding carboxylic acids is 1. The average molecular weight is 254 g/mol. The maximum atomic E-state index is 9.89. The highest BCUT2D eigenvalue weighted by atomic mass is 35.5. The van der Waals surface area contributed by atoms with Crippen LogP contribution in [0.2, 0.25) is 0 Å². The molecule has 0 spiro atoms. The third-order valence-corrected chi connectivity index (χ3v) is 1.87. The van der Waals surface area contributed by atoms with Gasteiger partial charge in [0.1, 0.15) is 0 Å². The van der Waals surface area contributed by atoms with Gasteiger partial charge in [-0.3, -0.25) is 0 Å². The van der Waals surface area contributed by atoms with Crippen LogP contribution < -0.4 is 0 Å². The maximum Gasteiger partial charge on any atom is 0.403 e. The SMILES string of the molecule is C.CC(C)COC(=O)Cl.CN1CCOCC1. The molecule has 0 atom stereocenters. The van der Waals surface area contributed by atoms with Crippen molar-refractivity contribution < 1.29 is 14.3 Å². The van der Waals surface area contributed by atoms with Gasteiger partial charge in [-0.15, -0.1) is 0 Å². The van der Waals surface area contributed by atoms with Crippen LogP contribution in [-0.2, 0) is 9.47 Å². The van der Waals surface area contributed by atoms with E-state index in [9.17, 15) is 4.79 Å². The number of rotatable bonds is 2. The van der Waals surface area contributed by atoms with Crippen molar-refractivity contribution in [1.82, 2.24) is 4.90 Å². The normalized spacial score (nSPS) is 15.8. The first-order valence-electron chi connectivity index (χ1n) is 5.11. The van der Waals surface area contributed by atoms with Gasteiger partial charge in [-0.1, -0.05) is 21.3 Å². The maximum absolute atomic E-state index is 9.89. The van der Waals surface area contributed by atoms with Crippen molar-refractivity contribution in [2.45, 2.75) is 21.3 Å². The zero-order chi connectivity index (χ0) is 11.7. The highest BCUT2D eigenvalue weighted by Crippen LogP contribution is 1.94. The molecule has 1 heterocycles. The molecule has 0 saturated carbocycles. The molecule has 4 nitrogen and oxygen atoms in total. The van der Waals surface area contributed by atoms with E-state index in [4.69, 9.17) is 16.3 Å². The number of ether oxygens (including phenoxy) is 2. The van der Waals surface area contributed by atoms with Crippen LogP contribution in [0.25, 0.3) is 0 Å². The molecule has 0 aliphatic carbocycles. The Morgan fingerprint density at radius 1 is 1.44 bits per heavy atom. The molecular formula is C11H24ClNO3. The lowest BCUT2D eigenvalue weighted by molar-refractivity contribution is 0.0503. The van der Waals surface area contributed by atoms with Crippen LogP contribution >= 0.6 is 11.6 Å². The molecule has 0 bridgehead atoms. The fourth-order valence-electron chi connectivity index (χ4n) is 0.887. The summed E-state index contributed by atoms with van der Waals surface area (Å²) < 4.78 is 9.53. The van der Waals surface area contributed by atoms with Crippen LogP contribution in [0.3, 0.4) is 0 Å². The van der Waals surface area contributed by atoms with Gasteiger partial charge in [0.15, 0.2) is 0 Å². The van der Waals surface area contributed by atoms with Crippen molar-refractivity contribution in [2.24, 2.45) is 5.92 Å². The number of nitrogens with zero attached hydrogens (tertiary/aromatic N) is 1. The molecule has 0 aromatic rings. The van der Waals surface area contributed by atoms with Crippen LogP contribution in [0.5, 0.6) is 0 Å². The summed E-state index contributed by atoms with van der Waals surface area (Å²) in [5.74, 6) is 0.359. The van der Waals surface area contributed by atoms with Gasteiger partial charge < -0.3 is 14.4 Å². The van der Waals surface area contributed by atoms with Crippen molar-refractivity contribution in [3.63, 3.8) is 0 Å². The van der Waals surface area contributed by atoms with E-state index in [1.807, 2.05) is 13.8 Å². The lowest BCUT2D eigenvalue weighted by Crippen LogP contribution is -2.32. The van der Waals surface area contributed by atoms with Gasteiger partial charge in [0.05, 0.1) is 19.8 Å². The smallest absolute Gasteiger partial charge is 0.403 e. The summed E-state index contributed by atoms with van der Waals surface area (Å²) in [5.41, 5.74) is -0.723. The Labute approximate surface area is 104 Å². The van der Waals surface area contributed by atoms with Crippen LogP contribution in [0.15, 0.2) is 0 Å². The molecule has 0 unspecified atom stereocenters. The highest BCUT2D eigenvalue weighted by Gasteiger charge is 2.02. The predicted molar refractivity (Wildman–Crippen MR) is 67.1 cm³/mol. The van der Waals surface area contributed by atoms with E-state index >= 15 is 0 Å². The number of morpholine rings is 1. The first-order chi connectivity index (χ1) is 7.02. The topological polar surface area (TPSA) is 38.8 Å². The van der Waals surface area contributed by atoms with Crippen molar-refractivity contribution in [1.29, 1.82) is 0 Å². The molecule has 98 valence electrons. The molecular weight excluding hydrogens is 230 g/mol. The van der Waals surface area contributed by atoms with Crippen molar-refractivity contribution in [2.75, 3.05) is 40.0 Å². The third kappa shape index (κ3) is 13.7. The molecule has 1 rings (SSSR count). The number of likely N-dealkylation sites (N-methyl/N-ethyl adjacent to an activating group) is 1. The highest BCUT2D eigenvalue weighted by molar-refractivity contribution is 6.61. The van der Waals surface area contributed by atoms with Crippen molar-refractivity contribution >= 4 is 17.0 Å². The van der Waals surface area contributed by atoms with E-state index in [0.29, 0.717) is 12.5 Å². The number of halogens is 1. The van der Waals surface area contributed by atoms with Crippen molar-refractivity contribution in [3.05, 3.63) is 0 Å². The fraction of sp³-hybridized carbons (Fsp3) is 0.909. The van der Waals surface area contributed by atoms with Crippen LogP contribution in [-0.4, -0.2) is 50.3 Å². The minimum absolute atomic E-state index is 0. The zero-order valence-corrected chi connectivity index (χ0v) is 10.4. The van der Waals surface area contributed by atoms with E-state index in [0.717, 1.165) is 26.3 Å². The molecule has 5 heteroatoms. The van der Waals surface area contributed by atoms with Crippen LogP contribution in [0.1, 0.15) is 21.3 Å². The molecule has 1 saturated heterocycles. The summed E-state index contributed by atoms with van der Waals surface area (Å²) in [6.45, 7) is 8.31. The summed E-state index contributed by atoms with van der Waals surface area (Å²) in [6, 6.07) is 0. The van der Waals surface area contributed by atoms with Gasteiger partial charge in [-0.2, -0.15) is 0 Å². The van der Waals surface area contributed by atoms with E-state index < -0.39 is 5.43 Å². The standard InChI is InChI=1S/C5H9ClO2.C5H11NO.CH4/c1-4(2)3-8-5(6)7;1-6-2-4-7-5-3-6;/h4H,3H2,1-2H3;2-5H2,1H3;1H4. The number of carbonyl (C=O) groups is 1. The lowest BCUT2D eigenvalue weighted by atomic mass is 10.2. The summed E-state index contributed by atoms with van der Waals surface area (Å²) in [7, 11) is 2.11. The summed E-state index contributed by atoms with van der Waals surface area (Å²) in [5, 5.41) is 0. The van der Waals surface area contributed by atoms with Gasteiger partial charge in [-0.25, -0.2) is 4.79 Å². The first kappa shape index (κ1) is 18.1. The zero-order valence-electron chi connectivity index (χ0n) is 9.66. The summed E-state index contributed by atoms with van der Waals surface area (Å²) >= 11 is 4.86. The second-order valence-electron chi connectivity index (χ2n) is 3.86.